The van der Waals surface area contributed by atoms with Crippen molar-refractivity contribution >= 4 is 17.7 Å². The molecule has 0 saturated carbocycles. The van der Waals surface area contributed by atoms with E-state index in [0.717, 1.165) is 11.1 Å². The summed E-state index contributed by atoms with van der Waals surface area (Å²) in [4.78, 5) is 26.8. The summed E-state index contributed by atoms with van der Waals surface area (Å²) in [6.07, 6.45) is 2.68. The van der Waals surface area contributed by atoms with E-state index in [1.165, 1.54) is 42.5 Å². The molecule has 1 amide bonds. The van der Waals surface area contributed by atoms with Crippen LogP contribution in [-0.4, -0.2) is 60.0 Å². The molecule has 4 rings (SSSR count). The molecule has 0 bridgehead atoms. The van der Waals surface area contributed by atoms with Gasteiger partial charge in [0.2, 0.25) is 5.91 Å². The van der Waals surface area contributed by atoms with Gasteiger partial charge in [-0.15, -0.1) is 0 Å². The van der Waals surface area contributed by atoms with Crippen molar-refractivity contribution in [1.29, 1.82) is 0 Å². The zero-order valence-electron chi connectivity index (χ0n) is 20.1. The number of hydrogen-bond donors (Lipinski definition) is 0. The molecule has 0 unspecified atom stereocenters. The molecule has 3 aromatic carbocycles. The van der Waals surface area contributed by atoms with Gasteiger partial charge in [0, 0.05) is 50.9 Å². The predicted molar refractivity (Wildman–Crippen MR) is 136 cm³/mol. The number of amides is 1. The number of ether oxygens (including phenoxy) is 1. The lowest BCUT2D eigenvalue weighted by molar-refractivity contribution is -0.384. The molecular weight excluding hydrogens is 480 g/mol. The van der Waals surface area contributed by atoms with Gasteiger partial charge in [-0.1, -0.05) is 24.3 Å². The van der Waals surface area contributed by atoms with Crippen molar-refractivity contribution in [3.8, 4) is 0 Å². The van der Waals surface area contributed by atoms with E-state index < -0.39 is 11.0 Å². The second kappa shape index (κ2) is 12.3. The third-order valence-electron chi connectivity index (χ3n) is 6.24. The van der Waals surface area contributed by atoms with Crippen LogP contribution in [0.5, 0.6) is 0 Å². The Morgan fingerprint density at radius 3 is 1.95 bits per heavy atom. The number of carbonyl (C=O) groups is 1. The maximum absolute atomic E-state index is 13.4. The fraction of sp³-hybridized carbons (Fsp3) is 0.250. The van der Waals surface area contributed by atoms with Gasteiger partial charge in [0.25, 0.3) is 5.69 Å². The van der Waals surface area contributed by atoms with E-state index in [0.29, 0.717) is 44.9 Å². The lowest BCUT2D eigenvalue weighted by atomic mass is 10.0. The van der Waals surface area contributed by atoms with Crippen LogP contribution in [0.15, 0.2) is 78.9 Å². The number of non-ortho nitro benzene ring substituents is 1. The van der Waals surface area contributed by atoms with Crippen LogP contribution in [0.25, 0.3) is 6.08 Å². The number of nitro benzene ring substituents is 1. The molecule has 0 N–H and O–H groups in total. The van der Waals surface area contributed by atoms with Crippen molar-refractivity contribution in [2.75, 3.05) is 39.3 Å². The highest BCUT2D eigenvalue weighted by Crippen LogP contribution is 2.26. The Morgan fingerprint density at radius 1 is 0.892 bits per heavy atom. The molecule has 1 saturated heterocycles. The largest absolute Gasteiger partial charge is 0.367 e. The first-order chi connectivity index (χ1) is 17.9. The van der Waals surface area contributed by atoms with Crippen molar-refractivity contribution in [3.63, 3.8) is 0 Å². The van der Waals surface area contributed by atoms with Gasteiger partial charge in [-0.25, -0.2) is 8.78 Å². The summed E-state index contributed by atoms with van der Waals surface area (Å²) in [6.45, 7) is 3.59. The molecule has 9 heteroatoms. The number of rotatable bonds is 9. The zero-order chi connectivity index (χ0) is 26.2. The molecule has 7 nitrogen and oxygen atoms in total. The van der Waals surface area contributed by atoms with Crippen LogP contribution in [0.1, 0.15) is 22.8 Å². The average molecular weight is 508 g/mol. The lowest BCUT2D eigenvalue weighted by Crippen LogP contribution is -2.49. The summed E-state index contributed by atoms with van der Waals surface area (Å²) in [7, 11) is 0. The molecule has 37 heavy (non-hydrogen) atoms. The van der Waals surface area contributed by atoms with Crippen molar-refractivity contribution in [2.45, 2.75) is 6.10 Å². The van der Waals surface area contributed by atoms with Gasteiger partial charge >= 0.3 is 0 Å². The third-order valence-corrected chi connectivity index (χ3v) is 6.24. The third kappa shape index (κ3) is 7.28. The van der Waals surface area contributed by atoms with Gasteiger partial charge in [0.1, 0.15) is 17.7 Å². The average Bonchev–Trinajstić information content (AvgIpc) is 2.92. The monoisotopic (exact) mass is 507 g/mol. The second-order valence-corrected chi connectivity index (χ2v) is 8.70. The molecule has 0 atom stereocenters. The quantitative estimate of drug-likeness (QED) is 0.235. The van der Waals surface area contributed by atoms with Crippen molar-refractivity contribution in [1.82, 2.24) is 9.80 Å². The first-order valence-electron chi connectivity index (χ1n) is 12.0. The van der Waals surface area contributed by atoms with Gasteiger partial charge in [-0.3, -0.25) is 19.8 Å². The van der Waals surface area contributed by atoms with Gasteiger partial charge in [-0.05, 0) is 59.2 Å². The number of piperazine rings is 1. The highest BCUT2D eigenvalue weighted by molar-refractivity contribution is 5.91. The molecule has 1 aliphatic rings. The topological polar surface area (TPSA) is 75.9 Å². The Morgan fingerprint density at radius 2 is 1.43 bits per heavy atom. The Bertz CT molecular complexity index is 1180. The SMILES string of the molecule is O=C(/C=C/c1ccc([N+](=O)[O-])cc1)N1CCN(CCOC(c2ccc(F)cc2)c2ccc(F)cc2)CC1. The van der Waals surface area contributed by atoms with Gasteiger partial charge in [-0.2, -0.15) is 0 Å². The van der Waals surface area contributed by atoms with Crippen LogP contribution >= 0.6 is 0 Å². The Labute approximate surface area is 213 Å². The van der Waals surface area contributed by atoms with Crippen molar-refractivity contribution in [3.05, 3.63) is 117 Å². The Balaban J connectivity index is 1.26. The predicted octanol–water partition coefficient (Wildman–Crippen LogP) is 4.84. The zero-order valence-corrected chi connectivity index (χ0v) is 20.1. The van der Waals surface area contributed by atoms with E-state index >= 15 is 0 Å². The van der Waals surface area contributed by atoms with E-state index in [1.807, 2.05) is 0 Å². The summed E-state index contributed by atoms with van der Waals surface area (Å²) < 4.78 is 33.0. The Hall–Kier alpha value is -3.95. The fourth-order valence-electron chi connectivity index (χ4n) is 4.13. The van der Waals surface area contributed by atoms with Crippen LogP contribution in [-0.2, 0) is 9.53 Å². The molecule has 192 valence electrons. The molecule has 0 aliphatic carbocycles. The first kappa shape index (κ1) is 26.1. The minimum atomic E-state index is -0.463. The van der Waals surface area contributed by atoms with Crippen molar-refractivity contribution in [2.24, 2.45) is 0 Å². The molecule has 3 aromatic rings. The highest BCUT2D eigenvalue weighted by atomic mass is 19.1. The van der Waals surface area contributed by atoms with Crippen LogP contribution in [0.4, 0.5) is 14.5 Å². The molecule has 1 fully saturated rings. The van der Waals surface area contributed by atoms with E-state index in [4.69, 9.17) is 4.74 Å². The number of nitro groups is 1. The van der Waals surface area contributed by atoms with Gasteiger partial charge in [0.15, 0.2) is 0 Å². The summed E-state index contributed by atoms with van der Waals surface area (Å²) >= 11 is 0. The van der Waals surface area contributed by atoms with E-state index in [2.05, 4.69) is 4.90 Å². The summed E-state index contributed by atoms with van der Waals surface area (Å²) in [6, 6.07) is 18.2. The van der Waals surface area contributed by atoms with E-state index in [9.17, 15) is 23.7 Å². The minimum absolute atomic E-state index is 0.00484. The maximum Gasteiger partial charge on any atom is 0.269 e. The first-order valence-corrected chi connectivity index (χ1v) is 12.0. The molecule has 0 spiro atoms. The Kier molecular flexibility index (Phi) is 8.71. The van der Waals surface area contributed by atoms with E-state index in [-0.39, 0.29) is 23.2 Å². The van der Waals surface area contributed by atoms with Crippen LogP contribution in [0, 0.1) is 21.7 Å². The number of nitrogens with zero attached hydrogens (tertiary/aromatic N) is 3. The van der Waals surface area contributed by atoms with Gasteiger partial charge in [0.05, 0.1) is 11.5 Å². The van der Waals surface area contributed by atoms with Gasteiger partial charge < -0.3 is 9.64 Å². The summed E-state index contributed by atoms with van der Waals surface area (Å²) in [5.41, 5.74) is 2.28. The molecular formula is C28H27F2N3O4. The summed E-state index contributed by atoms with van der Waals surface area (Å²) in [5, 5.41) is 10.8. The normalized spacial score (nSPS) is 14.4. The van der Waals surface area contributed by atoms with Crippen molar-refractivity contribution < 1.29 is 23.2 Å². The number of halogens is 2. The molecule has 0 radical (unpaired) electrons. The van der Waals surface area contributed by atoms with Crippen LogP contribution in [0.2, 0.25) is 0 Å². The number of benzene rings is 3. The lowest BCUT2D eigenvalue weighted by Gasteiger charge is -2.34. The highest BCUT2D eigenvalue weighted by Gasteiger charge is 2.21. The van der Waals surface area contributed by atoms with E-state index in [1.54, 1.807) is 47.4 Å². The smallest absolute Gasteiger partial charge is 0.269 e. The fourth-order valence-corrected chi connectivity index (χ4v) is 4.13. The molecule has 1 aliphatic heterocycles. The van der Waals surface area contributed by atoms with Crippen LogP contribution < -0.4 is 0 Å². The second-order valence-electron chi connectivity index (χ2n) is 8.70. The molecule has 0 aromatic heterocycles. The minimum Gasteiger partial charge on any atom is -0.367 e. The number of carbonyl (C=O) groups excluding carboxylic acids is 1. The number of hydrogen-bond acceptors (Lipinski definition) is 5. The maximum atomic E-state index is 13.4. The molecule has 1 heterocycles. The standard InChI is InChI=1S/C28H27F2N3O4/c29-24-8-4-22(5-9-24)28(23-6-10-25(30)11-7-23)37-20-19-31-15-17-32(18-16-31)27(34)14-3-21-1-12-26(13-2-21)33(35)36/h1-14,28H,15-20H2/b14-3+. The van der Waals surface area contributed by atoms with Crippen LogP contribution in [0.3, 0.4) is 0 Å². The summed E-state index contributed by atoms with van der Waals surface area (Å²) in [5.74, 6) is -0.782.